The molecule has 0 spiro atoms. The van der Waals surface area contributed by atoms with Gasteiger partial charge in [-0.3, -0.25) is 0 Å². The maximum absolute atomic E-state index is 4.00. The summed E-state index contributed by atoms with van der Waals surface area (Å²) in [6.07, 6.45) is 4.70. The van der Waals surface area contributed by atoms with Crippen LogP contribution >= 0.6 is 0 Å². The van der Waals surface area contributed by atoms with E-state index in [4.69, 9.17) is 0 Å². The second-order valence-corrected chi connectivity index (χ2v) is 4.31. The van der Waals surface area contributed by atoms with Crippen molar-refractivity contribution < 1.29 is 0 Å². The van der Waals surface area contributed by atoms with Crippen molar-refractivity contribution in [2.45, 2.75) is 19.5 Å². The lowest BCUT2D eigenvalue weighted by atomic mass is 10.1. The summed E-state index contributed by atoms with van der Waals surface area (Å²) in [5, 5.41) is 6.87. The first-order chi connectivity index (χ1) is 8.43. The summed E-state index contributed by atoms with van der Waals surface area (Å²) in [5.74, 6) is 0. The molecule has 3 rings (SSSR count). The molecule has 17 heavy (non-hydrogen) atoms. The topological polar surface area (TPSA) is 52.7 Å². The fourth-order valence-corrected chi connectivity index (χ4v) is 2.27. The van der Waals surface area contributed by atoms with Crippen molar-refractivity contribution in [1.82, 2.24) is 15.3 Å². The Morgan fingerprint density at radius 1 is 1.29 bits per heavy atom. The molecule has 2 heterocycles. The van der Waals surface area contributed by atoms with E-state index in [2.05, 4.69) is 38.8 Å². The predicted molar refractivity (Wildman–Crippen MR) is 67.8 cm³/mol. The fourth-order valence-electron chi connectivity index (χ4n) is 2.27. The molecule has 1 aliphatic heterocycles. The van der Waals surface area contributed by atoms with E-state index < -0.39 is 0 Å². The molecule has 0 unspecified atom stereocenters. The van der Waals surface area contributed by atoms with Crippen molar-refractivity contribution >= 4 is 5.69 Å². The zero-order valence-electron chi connectivity index (χ0n) is 9.66. The van der Waals surface area contributed by atoms with Crippen molar-refractivity contribution in [2.75, 3.05) is 11.9 Å². The Balaban J connectivity index is 1.64. The van der Waals surface area contributed by atoms with Gasteiger partial charge in [-0.2, -0.15) is 0 Å². The van der Waals surface area contributed by atoms with Crippen LogP contribution in [0.1, 0.15) is 16.8 Å². The number of nitrogens with zero attached hydrogens (tertiary/aromatic N) is 1. The molecule has 1 aliphatic rings. The van der Waals surface area contributed by atoms with Gasteiger partial charge in [0.25, 0.3) is 0 Å². The second kappa shape index (κ2) is 4.59. The number of anilines is 1. The molecule has 0 radical (unpaired) electrons. The normalized spacial score (nSPS) is 13.4. The van der Waals surface area contributed by atoms with E-state index in [1.165, 1.54) is 16.8 Å². The molecule has 0 fully saturated rings. The van der Waals surface area contributed by atoms with Crippen LogP contribution in [0.3, 0.4) is 0 Å². The lowest BCUT2D eigenvalue weighted by Gasteiger charge is -2.09. The number of nitrogens with one attached hydrogen (secondary N) is 3. The van der Waals surface area contributed by atoms with Gasteiger partial charge in [-0.05, 0) is 17.5 Å². The fraction of sp³-hybridized carbons (Fsp3) is 0.308. The van der Waals surface area contributed by atoms with Gasteiger partial charge in [-0.15, -0.1) is 0 Å². The molecule has 1 aromatic carbocycles. The minimum absolute atomic E-state index is 0.823. The summed E-state index contributed by atoms with van der Waals surface area (Å²) in [6, 6.07) is 6.52. The maximum atomic E-state index is 4.00. The largest absolute Gasteiger partial charge is 0.384 e. The monoisotopic (exact) mass is 228 g/mol. The molecule has 0 bridgehead atoms. The van der Waals surface area contributed by atoms with Gasteiger partial charge >= 0.3 is 0 Å². The summed E-state index contributed by atoms with van der Waals surface area (Å²) >= 11 is 0. The number of aromatic nitrogens is 2. The van der Waals surface area contributed by atoms with E-state index in [9.17, 15) is 0 Å². The summed E-state index contributed by atoms with van der Waals surface area (Å²) in [6.45, 7) is 2.77. The lowest BCUT2D eigenvalue weighted by Crippen LogP contribution is -2.14. The van der Waals surface area contributed by atoms with Crippen molar-refractivity contribution in [3.05, 3.63) is 47.5 Å². The minimum atomic E-state index is 0.823. The van der Waals surface area contributed by atoms with Crippen LogP contribution in [0.5, 0.6) is 0 Å². The van der Waals surface area contributed by atoms with Gasteiger partial charge in [-0.25, -0.2) is 4.98 Å². The van der Waals surface area contributed by atoms with Crippen LogP contribution in [-0.2, 0) is 19.5 Å². The molecule has 1 aromatic heterocycles. The van der Waals surface area contributed by atoms with Gasteiger partial charge in [0.1, 0.15) is 0 Å². The first-order valence-electron chi connectivity index (χ1n) is 5.96. The molecule has 0 atom stereocenters. The molecular formula is C13H16N4. The van der Waals surface area contributed by atoms with Crippen LogP contribution in [-0.4, -0.2) is 16.5 Å². The zero-order chi connectivity index (χ0) is 11.5. The first-order valence-corrected chi connectivity index (χ1v) is 5.96. The predicted octanol–water partition coefficient (Wildman–Crippen LogP) is 1.67. The lowest BCUT2D eigenvalue weighted by molar-refractivity contribution is 0.683. The minimum Gasteiger partial charge on any atom is -0.384 e. The van der Waals surface area contributed by atoms with Gasteiger partial charge in [0.15, 0.2) is 0 Å². The average molecular weight is 228 g/mol. The number of para-hydroxylation sites is 1. The van der Waals surface area contributed by atoms with Crippen LogP contribution < -0.4 is 10.6 Å². The molecule has 0 aliphatic carbocycles. The maximum Gasteiger partial charge on any atom is 0.0922 e. The number of rotatable bonds is 4. The Kier molecular flexibility index (Phi) is 2.80. The highest BCUT2D eigenvalue weighted by Gasteiger charge is 2.12. The summed E-state index contributed by atoms with van der Waals surface area (Å²) in [7, 11) is 0. The third-order valence-corrected chi connectivity index (χ3v) is 3.12. The third-order valence-electron chi connectivity index (χ3n) is 3.12. The molecule has 0 amide bonds. The first kappa shape index (κ1) is 10.4. The number of aromatic amines is 1. The Morgan fingerprint density at radius 2 is 2.29 bits per heavy atom. The Bertz CT molecular complexity index is 490. The standard InChI is InChI=1S/C13H16N4/c1-2-10-4-5-16-13(10)11(3-1)6-14-7-12-8-15-9-17-12/h1-3,8-9,14,16H,4-7H2,(H,15,17). The van der Waals surface area contributed by atoms with Crippen molar-refractivity contribution in [3.8, 4) is 0 Å². The van der Waals surface area contributed by atoms with Crippen molar-refractivity contribution in [2.24, 2.45) is 0 Å². The Hall–Kier alpha value is -1.81. The van der Waals surface area contributed by atoms with E-state index in [1.54, 1.807) is 6.33 Å². The highest BCUT2D eigenvalue weighted by Crippen LogP contribution is 2.26. The quantitative estimate of drug-likeness (QED) is 0.746. The molecule has 4 nitrogen and oxygen atoms in total. The van der Waals surface area contributed by atoms with Crippen LogP contribution in [0, 0.1) is 0 Å². The van der Waals surface area contributed by atoms with Gasteiger partial charge < -0.3 is 15.6 Å². The molecule has 3 N–H and O–H groups in total. The van der Waals surface area contributed by atoms with E-state index in [0.717, 1.165) is 31.7 Å². The van der Waals surface area contributed by atoms with Gasteiger partial charge in [0.05, 0.1) is 6.33 Å². The third kappa shape index (κ3) is 2.17. The van der Waals surface area contributed by atoms with E-state index in [1.807, 2.05) is 6.20 Å². The highest BCUT2D eigenvalue weighted by atomic mass is 14.9. The van der Waals surface area contributed by atoms with E-state index in [0.29, 0.717) is 0 Å². The van der Waals surface area contributed by atoms with Crippen LogP contribution in [0.15, 0.2) is 30.7 Å². The molecular weight excluding hydrogens is 212 g/mol. The van der Waals surface area contributed by atoms with Crippen molar-refractivity contribution in [3.63, 3.8) is 0 Å². The van der Waals surface area contributed by atoms with Gasteiger partial charge in [0, 0.05) is 37.2 Å². The Morgan fingerprint density at radius 3 is 3.18 bits per heavy atom. The SMILES string of the molecule is c1cc2c(c(CNCc3cnc[nH]3)c1)NCC2. The number of fused-ring (bicyclic) bond motifs is 1. The summed E-state index contributed by atoms with van der Waals surface area (Å²) in [5.41, 5.74) is 5.22. The summed E-state index contributed by atoms with van der Waals surface area (Å²) in [4.78, 5) is 7.08. The number of hydrogen-bond acceptors (Lipinski definition) is 3. The smallest absolute Gasteiger partial charge is 0.0922 e. The second-order valence-electron chi connectivity index (χ2n) is 4.31. The number of hydrogen-bond donors (Lipinski definition) is 3. The molecule has 2 aromatic rings. The Labute approximate surface area is 100 Å². The number of benzene rings is 1. The van der Waals surface area contributed by atoms with E-state index >= 15 is 0 Å². The molecule has 0 saturated heterocycles. The van der Waals surface area contributed by atoms with E-state index in [-0.39, 0.29) is 0 Å². The summed E-state index contributed by atoms with van der Waals surface area (Å²) < 4.78 is 0. The molecule has 88 valence electrons. The number of imidazole rings is 1. The average Bonchev–Trinajstić information content (AvgIpc) is 2.99. The molecule has 4 heteroatoms. The van der Waals surface area contributed by atoms with Crippen LogP contribution in [0.4, 0.5) is 5.69 Å². The van der Waals surface area contributed by atoms with Crippen LogP contribution in [0.2, 0.25) is 0 Å². The number of H-pyrrole nitrogens is 1. The highest BCUT2D eigenvalue weighted by molar-refractivity contribution is 5.61. The van der Waals surface area contributed by atoms with Gasteiger partial charge in [-0.1, -0.05) is 18.2 Å². The van der Waals surface area contributed by atoms with Crippen molar-refractivity contribution in [1.29, 1.82) is 0 Å². The zero-order valence-corrected chi connectivity index (χ0v) is 9.66. The van der Waals surface area contributed by atoms with Crippen LogP contribution in [0.25, 0.3) is 0 Å². The molecule has 0 saturated carbocycles. The van der Waals surface area contributed by atoms with Gasteiger partial charge in [0.2, 0.25) is 0 Å².